The molecular formula is C75H87Cl2N11O23. The van der Waals surface area contributed by atoms with E-state index < -0.39 is 231 Å². The Labute approximate surface area is 644 Å². The van der Waals surface area contributed by atoms with Crippen molar-refractivity contribution in [2.75, 3.05) is 26.7 Å². The lowest BCUT2D eigenvalue weighted by Crippen LogP contribution is -2.66. The molecule has 6 aromatic rings. The first kappa shape index (κ1) is 82.0. The smallest absolute Gasteiger partial charge is 0.330 e. The molecular weight excluding hydrogens is 1490 g/mol. The number of likely N-dealkylation sites (N-methyl/N-ethyl adjacent to an activating group) is 1. The van der Waals surface area contributed by atoms with E-state index in [-0.39, 0.29) is 52.0 Å². The van der Waals surface area contributed by atoms with Gasteiger partial charge in [0, 0.05) is 60.9 Å². The standard InChI is InChI=1S/C75H87Cl2N11O23/c1-31(2)19-43(80-5)67(98)87-58-60(93)35-12-15-47(41(76)21-35)107-49-23-37-24-50(64(49)111-74-65(63(96)62(95)51(29-78)109-74)110-53-28-75(4,66(97)32(3)106-53)82-18-17-81-30-33-9-7-6-8-10-33)108-48-16-13-36(22-42(48)77)61(94)59-72(103)86-57(73(104)105)40-25-38(89)26-46(91)54(40)39-20-34(11-14-45(39)90)55(69(100)88-59)85-70(101)56(37)84-68(99)44(27-52(79)92)83-71(58)102/h6-16,20-26,31-32,43-44,51,53,55-63,65-66,74,80-82,89-91,93-97H,17-19,27-30,78H2,1-5H3,(H2,79,92)(H,83,102)(H,84,99)(H,85,101)(H,86,103)(H,87,98)(H,88,100)(H,104,105)/t32-,43+,44-,51+,53-,55+,56+,57-,58+,59-,60+,61+,62+,63-,65+,66+,74-,75-/m0/s1. The quantitative estimate of drug-likeness (QED) is 0.0511. The van der Waals surface area contributed by atoms with Crippen LogP contribution in [0.1, 0.15) is 111 Å². The van der Waals surface area contributed by atoms with Crippen molar-refractivity contribution in [3.05, 3.63) is 153 Å². The summed E-state index contributed by atoms with van der Waals surface area (Å²) in [6.45, 7) is 7.85. The van der Waals surface area contributed by atoms with Crippen LogP contribution in [0.2, 0.25) is 10.0 Å². The number of amides is 7. The number of aliphatic hydroxyl groups is 5. The number of phenols is 3. The second-order valence-corrected chi connectivity index (χ2v) is 29.1. The number of aromatic hydroxyl groups is 3. The summed E-state index contributed by atoms with van der Waals surface area (Å²) < 4.78 is 39.6. The maximum Gasteiger partial charge on any atom is 0.330 e. The molecule has 7 heterocycles. The van der Waals surface area contributed by atoms with Gasteiger partial charge in [-0.05, 0) is 116 Å². The summed E-state index contributed by atoms with van der Waals surface area (Å²) >= 11 is 14.3. The van der Waals surface area contributed by atoms with Crippen LogP contribution in [0.3, 0.4) is 0 Å². The Bertz CT molecular complexity index is 4510. The fourth-order valence-corrected chi connectivity index (χ4v) is 14.4. The maximum atomic E-state index is 16.2. The first-order valence-corrected chi connectivity index (χ1v) is 36.3. The lowest BCUT2D eigenvalue weighted by atomic mass is 9.85. The number of rotatable bonds is 19. The number of carboxylic acid groups (broad SMARTS) is 1. The van der Waals surface area contributed by atoms with Crippen LogP contribution in [0.5, 0.6) is 46.0 Å². The predicted octanol–water partition coefficient (Wildman–Crippen LogP) is 1.49. The number of fused-ring (bicyclic) bond motifs is 15. The molecule has 2 fully saturated rings. The summed E-state index contributed by atoms with van der Waals surface area (Å²) in [4.78, 5) is 118. The van der Waals surface area contributed by atoms with E-state index in [1.807, 2.05) is 44.2 Å². The molecule has 7 amide bonds. The van der Waals surface area contributed by atoms with E-state index in [9.17, 15) is 69.9 Å². The largest absolute Gasteiger partial charge is 0.508 e. The van der Waals surface area contributed by atoms with E-state index in [2.05, 4.69) is 47.9 Å². The number of hydrogen-bond acceptors (Lipinski definition) is 26. The molecule has 34 nitrogen and oxygen atoms in total. The van der Waals surface area contributed by atoms with Crippen molar-refractivity contribution in [1.82, 2.24) is 47.9 Å². The first-order valence-electron chi connectivity index (χ1n) is 35.5. The average Bonchev–Trinajstić information content (AvgIpc) is 0.768. The zero-order valence-corrected chi connectivity index (χ0v) is 61.9. The number of ether oxygens (including phenoxy) is 6. The fraction of sp³-hybridized carbons (Fsp3) is 0.413. The maximum absolute atomic E-state index is 16.2. The molecule has 111 heavy (non-hydrogen) atoms. The van der Waals surface area contributed by atoms with Gasteiger partial charge in [0.2, 0.25) is 53.4 Å². The van der Waals surface area contributed by atoms with Crippen molar-refractivity contribution in [2.45, 2.75) is 163 Å². The van der Waals surface area contributed by atoms with Gasteiger partial charge in [-0.2, -0.15) is 0 Å². The summed E-state index contributed by atoms with van der Waals surface area (Å²) in [7, 11) is 1.48. The number of benzene rings is 6. The van der Waals surface area contributed by atoms with Gasteiger partial charge in [-0.15, -0.1) is 0 Å². The van der Waals surface area contributed by atoms with Crippen molar-refractivity contribution in [3.63, 3.8) is 0 Å². The minimum atomic E-state index is -2.34. The van der Waals surface area contributed by atoms with Gasteiger partial charge >= 0.3 is 5.97 Å². The molecule has 7 aliphatic heterocycles. The normalized spacial score (nSPS) is 27.8. The highest BCUT2D eigenvalue weighted by Crippen LogP contribution is 2.50. The topological polar surface area (TPSA) is 534 Å². The monoisotopic (exact) mass is 1580 g/mol. The number of carbonyl (C=O) groups excluding carboxylic acids is 7. The molecule has 6 aromatic carbocycles. The molecule has 594 valence electrons. The third-order valence-electron chi connectivity index (χ3n) is 19.8. The van der Waals surface area contributed by atoms with Crippen molar-refractivity contribution in [1.29, 1.82) is 0 Å². The SMILES string of the molecule is CN[C@H](CC(C)C)C(=O)N[C@H]1C(=O)N[C@@H](CC(N)=O)C(=O)N[C@H]2C(=O)N[C@H]3C(=O)N[C@H](C(=O)N[C@H](C(=O)O)c4cc(O)cc(O)c4-c4cc3ccc4O)[C@H](O)c3ccc(c(Cl)c3)Oc3cc2cc(c3O[C@@H]2O[C@H](CN)[C@@H](O)[C@H](O)[C@H]2O[C@H]2C[C@](C)(NCCNCc3ccccc3)[C@H](O)[C@H](C)O2)Oc2ccc(cc2Cl)[C@H]1O. The van der Waals surface area contributed by atoms with Crippen LogP contribution >= 0.6 is 23.2 Å². The van der Waals surface area contributed by atoms with Gasteiger partial charge in [0.1, 0.15) is 89.5 Å². The van der Waals surface area contributed by atoms with Crippen LogP contribution in [0.25, 0.3) is 11.1 Å². The minimum absolute atomic E-state index is 0.0966. The summed E-state index contributed by atoms with van der Waals surface area (Å²) in [6, 6.07) is 9.33. The van der Waals surface area contributed by atoms with Crippen LogP contribution in [0, 0.1) is 5.92 Å². The molecule has 11 bridgehead atoms. The summed E-state index contributed by atoms with van der Waals surface area (Å²) in [6.07, 6.45) is -17.7. The number of carboxylic acids is 1. The van der Waals surface area contributed by atoms with Gasteiger partial charge in [0.25, 0.3) is 0 Å². The van der Waals surface area contributed by atoms with Gasteiger partial charge in [-0.1, -0.05) is 85.6 Å². The van der Waals surface area contributed by atoms with Gasteiger partial charge in [-0.3, -0.25) is 33.6 Å². The Morgan fingerprint density at radius 2 is 1.32 bits per heavy atom. The number of primary amides is 1. The number of aliphatic carboxylic acids is 1. The average molecular weight is 1580 g/mol. The van der Waals surface area contributed by atoms with Crippen LogP contribution < -0.4 is 73.5 Å². The predicted molar refractivity (Wildman–Crippen MR) is 393 cm³/mol. The summed E-state index contributed by atoms with van der Waals surface area (Å²) in [5, 5.41) is 129. The summed E-state index contributed by atoms with van der Waals surface area (Å²) in [5.41, 5.74) is 9.13. The third-order valence-corrected chi connectivity index (χ3v) is 20.4. The molecule has 0 aromatic heterocycles. The van der Waals surface area contributed by atoms with Gasteiger partial charge in [0.05, 0.1) is 34.7 Å². The zero-order chi connectivity index (χ0) is 80.2. The highest BCUT2D eigenvalue weighted by molar-refractivity contribution is 6.32. The van der Waals surface area contributed by atoms with Gasteiger partial charge < -0.3 is 134 Å². The first-order chi connectivity index (χ1) is 52.7. The second kappa shape index (κ2) is 34.7. The van der Waals surface area contributed by atoms with E-state index in [1.54, 1.807) is 13.8 Å². The molecule has 0 saturated carbocycles. The Morgan fingerprint density at radius 1 is 0.694 bits per heavy atom. The molecule has 0 spiro atoms. The van der Waals surface area contributed by atoms with Gasteiger partial charge in [-0.25, -0.2) is 4.79 Å². The van der Waals surface area contributed by atoms with Crippen molar-refractivity contribution in [3.8, 4) is 57.1 Å². The molecule has 18 atom stereocenters. The number of nitrogens with two attached hydrogens (primary N) is 2. The number of halogens is 2. The van der Waals surface area contributed by atoms with Crippen molar-refractivity contribution < 1.29 is 113 Å². The van der Waals surface area contributed by atoms with Crippen molar-refractivity contribution in [2.24, 2.45) is 17.4 Å². The Kier molecular flexibility index (Phi) is 25.6. The molecule has 2 saturated heterocycles. The van der Waals surface area contributed by atoms with E-state index in [0.29, 0.717) is 19.6 Å². The lowest BCUT2D eigenvalue weighted by Gasteiger charge is -2.48. The van der Waals surface area contributed by atoms with E-state index in [1.165, 1.54) is 25.2 Å². The molecule has 36 heteroatoms. The minimum Gasteiger partial charge on any atom is -0.508 e. The third kappa shape index (κ3) is 18.3. The fourth-order valence-electron chi connectivity index (χ4n) is 13.9. The number of carbonyl (C=O) groups is 8. The molecule has 13 rings (SSSR count). The van der Waals surface area contributed by atoms with Crippen LogP contribution in [-0.2, 0) is 59.1 Å². The number of aliphatic hydroxyl groups excluding tert-OH is 5. The molecule has 0 unspecified atom stereocenters. The highest BCUT2D eigenvalue weighted by atomic mass is 35.5. The molecule has 22 N–H and O–H groups in total. The number of hydrogen-bond donors (Lipinski definition) is 20. The molecule has 0 radical (unpaired) electrons. The van der Waals surface area contributed by atoms with E-state index in [0.717, 1.165) is 66.2 Å². The Hall–Kier alpha value is -10.0. The highest BCUT2D eigenvalue weighted by Gasteiger charge is 2.52. The summed E-state index contributed by atoms with van der Waals surface area (Å²) in [5.74, 6) is -15.7. The lowest BCUT2D eigenvalue weighted by molar-refractivity contribution is -0.331. The van der Waals surface area contributed by atoms with Gasteiger partial charge in [0.15, 0.2) is 29.9 Å². The van der Waals surface area contributed by atoms with Crippen LogP contribution in [-0.4, -0.2) is 199 Å². The number of phenolic OH excluding ortho intramolecular Hbond substituents is 3. The molecule has 7 aliphatic rings. The number of nitrogens with one attached hydrogen (secondary N) is 9. The Balaban J connectivity index is 1.11. The van der Waals surface area contributed by atoms with Crippen LogP contribution in [0.4, 0.5) is 0 Å². The second-order valence-electron chi connectivity index (χ2n) is 28.3. The Morgan fingerprint density at radius 3 is 1.95 bits per heavy atom. The molecule has 0 aliphatic carbocycles. The van der Waals surface area contributed by atoms with E-state index >= 15 is 14.4 Å². The van der Waals surface area contributed by atoms with E-state index in [4.69, 9.17) is 63.1 Å². The van der Waals surface area contributed by atoms with Crippen LogP contribution in [0.15, 0.2) is 109 Å². The zero-order valence-electron chi connectivity index (χ0n) is 60.4. The van der Waals surface area contributed by atoms with Crippen molar-refractivity contribution >= 4 is 70.5 Å².